The zero-order chi connectivity index (χ0) is 18.4. The van der Waals surface area contributed by atoms with Crippen molar-refractivity contribution >= 4 is 22.2 Å². The fourth-order valence-electron chi connectivity index (χ4n) is 3.96. The number of piperidine rings is 1. The van der Waals surface area contributed by atoms with Crippen LogP contribution in [0.1, 0.15) is 36.0 Å². The molecule has 27 heavy (non-hydrogen) atoms. The quantitative estimate of drug-likeness (QED) is 0.548. The van der Waals surface area contributed by atoms with E-state index in [4.69, 9.17) is 0 Å². The molecule has 0 aliphatic carbocycles. The van der Waals surface area contributed by atoms with Crippen molar-refractivity contribution in [3.05, 3.63) is 53.6 Å². The molecule has 7 nitrogen and oxygen atoms in total. The first-order chi connectivity index (χ1) is 13.2. The molecule has 7 heteroatoms. The van der Waals surface area contributed by atoms with Gasteiger partial charge in [-0.2, -0.15) is 14.7 Å². The van der Waals surface area contributed by atoms with E-state index < -0.39 is 0 Å². The average molecular weight is 359 g/mol. The lowest BCUT2D eigenvalue weighted by Crippen LogP contribution is -2.34. The van der Waals surface area contributed by atoms with Crippen molar-refractivity contribution in [3.8, 4) is 0 Å². The van der Waals surface area contributed by atoms with Gasteiger partial charge in [-0.05, 0) is 38.8 Å². The standard InChI is InChI=1S/C20H21N7/c1-13-7-8-18-22-23-19(27(18)25-13)15-9-11-26(12-10-15)20-17-6-4-3-5-16(17)14(2)21-24-20/h3-8,15H,9-12H2,1-2H3. The fraction of sp³-hybridized carbons (Fsp3) is 0.350. The molecule has 0 radical (unpaired) electrons. The number of aromatic nitrogens is 6. The third-order valence-electron chi connectivity index (χ3n) is 5.43. The van der Waals surface area contributed by atoms with E-state index in [9.17, 15) is 0 Å². The highest BCUT2D eigenvalue weighted by molar-refractivity contribution is 5.93. The van der Waals surface area contributed by atoms with Gasteiger partial charge in [-0.1, -0.05) is 24.3 Å². The maximum atomic E-state index is 4.59. The van der Waals surface area contributed by atoms with Crippen LogP contribution in [0.15, 0.2) is 36.4 Å². The van der Waals surface area contributed by atoms with Gasteiger partial charge in [0.2, 0.25) is 0 Å². The van der Waals surface area contributed by atoms with Crippen molar-refractivity contribution in [3.63, 3.8) is 0 Å². The number of hydrogen-bond donors (Lipinski definition) is 0. The number of benzene rings is 1. The van der Waals surface area contributed by atoms with Gasteiger partial charge in [0.1, 0.15) is 0 Å². The van der Waals surface area contributed by atoms with E-state index in [0.717, 1.165) is 54.6 Å². The molecule has 0 atom stereocenters. The second kappa shape index (κ2) is 6.26. The van der Waals surface area contributed by atoms with E-state index in [2.05, 4.69) is 54.7 Å². The van der Waals surface area contributed by atoms with Crippen molar-refractivity contribution in [2.45, 2.75) is 32.6 Å². The third-order valence-corrected chi connectivity index (χ3v) is 5.43. The van der Waals surface area contributed by atoms with Gasteiger partial charge >= 0.3 is 0 Å². The summed E-state index contributed by atoms with van der Waals surface area (Å²) in [4.78, 5) is 2.34. The summed E-state index contributed by atoms with van der Waals surface area (Å²) in [6.07, 6.45) is 2.00. The van der Waals surface area contributed by atoms with E-state index in [1.165, 1.54) is 10.8 Å². The van der Waals surface area contributed by atoms with Crippen LogP contribution >= 0.6 is 0 Å². The summed E-state index contributed by atoms with van der Waals surface area (Å²) in [7, 11) is 0. The SMILES string of the molecule is Cc1ccc2nnc(C3CCN(c4nnc(C)c5ccccc45)CC3)n2n1. The van der Waals surface area contributed by atoms with Crippen molar-refractivity contribution < 1.29 is 0 Å². The number of fused-ring (bicyclic) bond motifs is 2. The summed E-state index contributed by atoms with van der Waals surface area (Å²) >= 11 is 0. The molecule has 0 unspecified atom stereocenters. The maximum absolute atomic E-state index is 4.59. The Morgan fingerprint density at radius 1 is 0.852 bits per heavy atom. The Bertz CT molecular complexity index is 1130. The molecule has 0 amide bonds. The first-order valence-corrected chi connectivity index (χ1v) is 9.36. The molecule has 5 rings (SSSR count). The Kier molecular flexibility index (Phi) is 3.74. The van der Waals surface area contributed by atoms with E-state index in [0.29, 0.717) is 5.92 Å². The predicted octanol–water partition coefficient (Wildman–Crippen LogP) is 3.07. The molecule has 136 valence electrons. The fourth-order valence-corrected chi connectivity index (χ4v) is 3.96. The van der Waals surface area contributed by atoms with Crippen molar-refractivity contribution in [1.82, 2.24) is 30.0 Å². The van der Waals surface area contributed by atoms with Crippen LogP contribution < -0.4 is 4.90 Å². The predicted molar refractivity (Wildman–Crippen MR) is 104 cm³/mol. The number of anilines is 1. The molecule has 1 aromatic carbocycles. The Morgan fingerprint density at radius 3 is 2.44 bits per heavy atom. The summed E-state index contributed by atoms with van der Waals surface area (Å²) in [6.45, 7) is 5.85. The van der Waals surface area contributed by atoms with Gasteiger partial charge in [0.25, 0.3) is 0 Å². The van der Waals surface area contributed by atoms with Crippen LogP contribution in [0.4, 0.5) is 5.82 Å². The minimum atomic E-state index is 0.357. The number of aryl methyl sites for hydroxylation is 2. The molecule has 4 heterocycles. The van der Waals surface area contributed by atoms with Crippen LogP contribution in [0.3, 0.4) is 0 Å². The zero-order valence-electron chi connectivity index (χ0n) is 15.5. The van der Waals surface area contributed by atoms with Gasteiger partial charge in [-0.3, -0.25) is 0 Å². The smallest absolute Gasteiger partial charge is 0.177 e. The highest BCUT2D eigenvalue weighted by atomic mass is 15.4. The summed E-state index contributed by atoms with van der Waals surface area (Å²) < 4.78 is 1.90. The van der Waals surface area contributed by atoms with E-state index >= 15 is 0 Å². The van der Waals surface area contributed by atoms with Gasteiger partial charge < -0.3 is 4.90 Å². The summed E-state index contributed by atoms with van der Waals surface area (Å²) in [5.41, 5.74) is 2.76. The summed E-state index contributed by atoms with van der Waals surface area (Å²) in [5.74, 6) is 2.30. The molecule has 3 aromatic heterocycles. The van der Waals surface area contributed by atoms with Gasteiger partial charge in [0, 0.05) is 29.8 Å². The average Bonchev–Trinajstić information content (AvgIpc) is 3.12. The second-order valence-electron chi connectivity index (χ2n) is 7.22. The molecule has 1 saturated heterocycles. The minimum Gasteiger partial charge on any atom is -0.355 e. The van der Waals surface area contributed by atoms with Crippen LogP contribution in [0.5, 0.6) is 0 Å². The van der Waals surface area contributed by atoms with Gasteiger partial charge in [-0.25, -0.2) is 0 Å². The summed E-state index contributed by atoms with van der Waals surface area (Å²) in [6, 6.07) is 12.3. The van der Waals surface area contributed by atoms with E-state index in [1.54, 1.807) is 0 Å². The van der Waals surface area contributed by atoms with Gasteiger partial charge in [0.15, 0.2) is 17.3 Å². The highest BCUT2D eigenvalue weighted by Crippen LogP contribution is 2.32. The van der Waals surface area contributed by atoms with E-state index in [1.807, 2.05) is 30.5 Å². The molecule has 4 aromatic rings. The molecule has 1 aliphatic heterocycles. The van der Waals surface area contributed by atoms with Gasteiger partial charge in [0.05, 0.1) is 11.4 Å². The Hall–Kier alpha value is -3.09. The Labute approximate surface area is 157 Å². The molecule has 1 aliphatic rings. The van der Waals surface area contributed by atoms with Crippen molar-refractivity contribution in [2.24, 2.45) is 0 Å². The topological polar surface area (TPSA) is 72.1 Å². The first kappa shape index (κ1) is 16.1. The second-order valence-corrected chi connectivity index (χ2v) is 7.22. The molecule has 1 fully saturated rings. The molecular weight excluding hydrogens is 338 g/mol. The lowest BCUT2D eigenvalue weighted by molar-refractivity contribution is 0.474. The van der Waals surface area contributed by atoms with Crippen LogP contribution in [-0.4, -0.2) is 43.1 Å². The maximum Gasteiger partial charge on any atom is 0.177 e. The number of nitrogens with zero attached hydrogens (tertiary/aromatic N) is 7. The van der Waals surface area contributed by atoms with Crippen LogP contribution in [0.25, 0.3) is 16.4 Å². The molecule has 0 saturated carbocycles. The molecule has 0 bridgehead atoms. The van der Waals surface area contributed by atoms with Crippen LogP contribution in [0.2, 0.25) is 0 Å². The van der Waals surface area contributed by atoms with Gasteiger partial charge in [-0.15, -0.1) is 15.3 Å². The molecule has 0 spiro atoms. The van der Waals surface area contributed by atoms with E-state index in [-0.39, 0.29) is 0 Å². The lowest BCUT2D eigenvalue weighted by atomic mass is 9.95. The van der Waals surface area contributed by atoms with Crippen molar-refractivity contribution in [2.75, 3.05) is 18.0 Å². The Morgan fingerprint density at radius 2 is 1.63 bits per heavy atom. The zero-order valence-corrected chi connectivity index (χ0v) is 15.5. The Balaban J connectivity index is 1.42. The van der Waals surface area contributed by atoms with Crippen LogP contribution in [-0.2, 0) is 0 Å². The normalized spacial score (nSPS) is 15.7. The minimum absolute atomic E-state index is 0.357. The molecule has 0 N–H and O–H groups in total. The summed E-state index contributed by atoms with van der Waals surface area (Å²) in [5, 5.41) is 24.5. The molecular formula is C20H21N7. The van der Waals surface area contributed by atoms with Crippen molar-refractivity contribution in [1.29, 1.82) is 0 Å². The first-order valence-electron chi connectivity index (χ1n) is 9.36. The monoisotopic (exact) mass is 359 g/mol. The number of hydrogen-bond acceptors (Lipinski definition) is 6. The highest BCUT2D eigenvalue weighted by Gasteiger charge is 2.26. The largest absolute Gasteiger partial charge is 0.355 e. The third kappa shape index (κ3) is 2.70. The lowest BCUT2D eigenvalue weighted by Gasteiger charge is -2.32. The van der Waals surface area contributed by atoms with Crippen LogP contribution in [0, 0.1) is 13.8 Å². The number of rotatable bonds is 2.